The van der Waals surface area contributed by atoms with Crippen molar-refractivity contribution in [2.75, 3.05) is 19.6 Å². The van der Waals surface area contributed by atoms with Gasteiger partial charge in [-0.1, -0.05) is 39.5 Å². The van der Waals surface area contributed by atoms with Gasteiger partial charge in [-0.25, -0.2) is 0 Å². The van der Waals surface area contributed by atoms with E-state index in [1.807, 2.05) is 0 Å². The van der Waals surface area contributed by atoms with Gasteiger partial charge in [0.25, 0.3) is 0 Å². The van der Waals surface area contributed by atoms with Crippen LogP contribution in [0, 0.1) is 11.8 Å². The molecule has 0 spiro atoms. The number of nitrogens with two attached hydrogens (primary N) is 1. The van der Waals surface area contributed by atoms with E-state index < -0.39 is 0 Å². The van der Waals surface area contributed by atoms with E-state index in [0.29, 0.717) is 5.54 Å². The molecule has 1 aliphatic carbocycles. The molecule has 0 aromatic carbocycles. The maximum absolute atomic E-state index is 6.26. The van der Waals surface area contributed by atoms with Crippen LogP contribution in [0.1, 0.15) is 65.2 Å². The Bertz CT molecular complexity index is 245. The number of hydrogen-bond donors (Lipinski definition) is 1. The number of nitrogens with zero attached hydrogens (tertiary/aromatic N) is 1. The van der Waals surface area contributed by atoms with Crippen LogP contribution in [0.3, 0.4) is 0 Å². The SMILES string of the molecule is CCC1CCN(C2(CN)CCCCC2CC)CC1. The molecule has 2 N–H and O–H groups in total. The van der Waals surface area contributed by atoms with Gasteiger partial charge < -0.3 is 5.73 Å². The molecule has 2 heteroatoms. The summed E-state index contributed by atoms with van der Waals surface area (Å²) in [6.45, 7) is 8.17. The lowest BCUT2D eigenvalue weighted by molar-refractivity contribution is -0.0177. The molecule has 0 radical (unpaired) electrons. The van der Waals surface area contributed by atoms with E-state index in [-0.39, 0.29) is 0 Å². The first-order valence-electron chi connectivity index (χ1n) is 8.22. The molecule has 1 saturated carbocycles. The smallest absolute Gasteiger partial charge is 0.0359 e. The van der Waals surface area contributed by atoms with Crippen molar-refractivity contribution in [1.29, 1.82) is 0 Å². The molecule has 0 bridgehead atoms. The third-order valence-corrected chi connectivity index (χ3v) is 5.84. The molecule has 106 valence electrons. The average Bonchev–Trinajstić information content (AvgIpc) is 2.47. The fraction of sp³-hybridized carbons (Fsp3) is 1.00. The Morgan fingerprint density at radius 1 is 1.06 bits per heavy atom. The Kier molecular flexibility index (Phi) is 5.08. The van der Waals surface area contributed by atoms with Gasteiger partial charge in [-0.15, -0.1) is 0 Å². The fourth-order valence-electron chi connectivity index (χ4n) is 4.48. The van der Waals surface area contributed by atoms with Gasteiger partial charge in [0.1, 0.15) is 0 Å². The van der Waals surface area contributed by atoms with E-state index in [9.17, 15) is 0 Å². The Labute approximate surface area is 113 Å². The van der Waals surface area contributed by atoms with Gasteiger partial charge in [0.05, 0.1) is 0 Å². The number of likely N-dealkylation sites (tertiary alicyclic amines) is 1. The lowest BCUT2D eigenvalue weighted by atomic mass is 9.69. The van der Waals surface area contributed by atoms with Crippen molar-refractivity contribution < 1.29 is 0 Å². The first-order chi connectivity index (χ1) is 8.76. The third kappa shape index (κ3) is 2.60. The van der Waals surface area contributed by atoms with Crippen molar-refractivity contribution in [1.82, 2.24) is 4.90 Å². The largest absolute Gasteiger partial charge is 0.329 e. The van der Waals surface area contributed by atoms with Gasteiger partial charge in [0.2, 0.25) is 0 Å². The highest BCUT2D eigenvalue weighted by Crippen LogP contribution is 2.41. The average molecular weight is 252 g/mol. The molecule has 1 heterocycles. The minimum absolute atomic E-state index is 0.353. The molecular weight excluding hydrogens is 220 g/mol. The van der Waals surface area contributed by atoms with E-state index in [4.69, 9.17) is 5.73 Å². The quantitative estimate of drug-likeness (QED) is 0.831. The van der Waals surface area contributed by atoms with E-state index in [2.05, 4.69) is 18.7 Å². The second-order valence-electron chi connectivity index (χ2n) is 6.50. The van der Waals surface area contributed by atoms with Gasteiger partial charge in [-0.3, -0.25) is 4.90 Å². The first kappa shape index (κ1) is 14.3. The Morgan fingerprint density at radius 3 is 2.33 bits per heavy atom. The van der Waals surface area contributed by atoms with Crippen LogP contribution in [0.5, 0.6) is 0 Å². The monoisotopic (exact) mass is 252 g/mol. The number of hydrogen-bond acceptors (Lipinski definition) is 2. The zero-order chi connectivity index (χ0) is 13.0. The van der Waals surface area contributed by atoms with Crippen LogP contribution < -0.4 is 5.73 Å². The maximum atomic E-state index is 6.26. The number of rotatable bonds is 4. The van der Waals surface area contributed by atoms with Gasteiger partial charge in [0.15, 0.2) is 0 Å². The van der Waals surface area contributed by atoms with Crippen LogP contribution in [0.2, 0.25) is 0 Å². The van der Waals surface area contributed by atoms with Crippen molar-refractivity contribution in [3.05, 3.63) is 0 Å². The molecule has 0 aromatic rings. The summed E-state index contributed by atoms with van der Waals surface area (Å²) in [4.78, 5) is 2.78. The molecule has 0 aromatic heterocycles. The van der Waals surface area contributed by atoms with Crippen molar-refractivity contribution in [2.24, 2.45) is 17.6 Å². The van der Waals surface area contributed by atoms with Gasteiger partial charge >= 0.3 is 0 Å². The third-order valence-electron chi connectivity index (χ3n) is 5.84. The van der Waals surface area contributed by atoms with Crippen molar-refractivity contribution in [3.63, 3.8) is 0 Å². The van der Waals surface area contributed by atoms with E-state index in [1.165, 1.54) is 64.5 Å². The van der Waals surface area contributed by atoms with Crippen molar-refractivity contribution >= 4 is 0 Å². The van der Waals surface area contributed by atoms with Crippen molar-refractivity contribution in [3.8, 4) is 0 Å². The van der Waals surface area contributed by atoms with E-state index >= 15 is 0 Å². The summed E-state index contributed by atoms with van der Waals surface area (Å²) in [6, 6.07) is 0. The molecule has 18 heavy (non-hydrogen) atoms. The van der Waals surface area contributed by atoms with Crippen LogP contribution in [0.15, 0.2) is 0 Å². The van der Waals surface area contributed by atoms with Gasteiger partial charge in [0, 0.05) is 12.1 Å². The highest BCUT2D eigenvalue weighted by Gasteiger charge is 2.44. The van der Waals surface area contributed by atoms with Crippen molar-refractivity contribution in [2.45, 2.75) is 70.8 Å². The highest BCUT2D eigenvalue weighted by atomic mass is 15.2. The summed E-state index contributed by atoms with van der Waals surface area (Å²) in [5.74, 6) is 1.81. The molecule has 2 atom stereocenters. The topological polar surface area (TPSA) is 29.3 Å². The maximum Gasteiger partial charge on any atom is 0.0359 e. The lowest BCUT2D eigenvalue weighted by Crippen LogP contribution is -2.61. The summed E-state index contributed by atoms with van der Waals surface area (Å²) >= 11 is 0. The number of piperidine rings is 1. The minimum Gasteiger partial charge on any atom is -0.329 e. The molecule has 2 nitrogen and oxygen atoms in total. The summed E-state index contributed by atoms with van der Waals surface area (Å²) in [6.07, 6.45) is 11.0. The highest BCUT2D eigenvalue weighted by molar-refractivity contribution is 5.00. The first-order valence-corrected chi connectivity index (χ1v) is 8.22. The van der Waals surface area contributed by atoms with Crippen LogP contribution >= 0.6 is 0 Å². The fourth-order valence-corrected chi connectivity index (χ4v) is 4.48. The van der Waals surface area contributed by atoms with Crippen LogP contribution in [0.4, 0.5) is 0 Å². The summed E-state index contributed by atoms with van der Waals surface area (Å²) in [7, 11) is 0. The Balaban J connectivity index is 2.06. The second-order valence-corrected chi connectivity index (χ2v) is 6.50. The second kappa shape index (κ2) is 6.38. The van der Waals surface area contributed by atoms with Crippen LogP contribution in [-0.2, 0) is 0 Å². The summed E-state index contributed by atoms with van der Waals surface area (Å²) < 4.78 is 0. The Hall–Kier alpha value is -0.0800. The minimum atomic E-state index is 0.353. The van der Waals surface area contributed by atoms with Crippen LogP contribution in [-0.4, -0.2) is 30.1 Å². The summed E-state index contributed by atoms with van der Waals surface area (Å²) in [5.41, 5.74) is 6.61. The molecule has 1 saturated heterocycles. The predicted octanol–water partition coefficient (Wildman–Crippen LogP) is 3.41. The van der Waals surface area contributed by atoms with Gasteiger partial charge in [-0.2, -0.15) is 0 Å². The molecule has 2 fully saturated rings. The van der Waals surface area contributed by atoms with E-state index in [1.54, 1.807) is 0 Å². The predicted molar refractivity (Wildman–Crippen MR) is 78.6 cm³/mol. The molecule has 2 unspecified atom stereocenters. The molecule has 0 amide bonds. The lowest BCUT2D eigenvalue weighted by Gasteiger charge is -2.53. The molecule has 2 aliphatic rings. The zero-order valence-electron chi connectivity index (χ0n) is 12.5. The molecule has 2 rings (SSSR count). The van der Waals surface area contributed by atoms with E-state index in [0.717, 1.165) is 18.4 Å². The van der Waals surface area contributed by atoms with Gasteiger partial charge in [-0.05, 0) is 50.6 Å². The molecule has 1 aliphatic heterocycles. The summed E-state index contributed by atoms with van der Waals surface area (Å²) in [5, 5.41) is 0. The standard InChI is InChI=1S/C16H32N2/c1-3-14-8-11-18(12-9-14)16(13-17)10-6-5-7-15(16)4-2/h14-15H,3-13,17H2,1-2H3. The normalized spacial score (nSPS) is 35.8. The molecular formula is C16H32N2. The Morgan fingerprint density at radius 2 is 1.78 bits per heavy atom. The zero-order valence-corrected chi connectivity index (χ0v) is 12.5. The van der Waals surface area contributed by atoms with Crippen LogP contribution in [0.25, 0.3) is 0 Å².